The highest BCUT2D eigenvalue weighted by Gasteiger charge is 2.15. The van der Waals surface area contributed by atoms with Gasteiger partial charge in [-0.05, 0) is 30.2 Å². The summed E-state index contributed by atoms with van der Waals surface area (Å²) < 4.78 is 0. The van der Waals surface area contributed by atoms with E-state index in [-0.39, 0.29) is 17.6 Å². The summed E-state index contributed by atoms with van der Waals surface area (Å²) in [5, 5.41) is 11.7. The molecular formula is C13H14N4O2. The number of carbonyl (C=O) groups is 1. The first-order valence-electron chi connectivity index (χ1n) is 5.76. The summed E-state index contributed by atoms with van der Waals surface area (Å²) >= 11 is 0. The molecular weight excluding hydrogens is 244 g/mol. The van der Waals surface area contributed by atoms with Crippen LogP contribution in [0, 0.1) is 0 Å². The number of phenols is 1. The van der Waals surface area contributed by atoms with Crippen molar-refractivity contribution in [3.63, 3.8) is 0 Å². The zero-order valence-corrected chi connectivity index (χ0v) is 10.2. The maximum atomic E-state index is 11.8. The Morgan fingerprint density at radius 3 is 2.53 bits per heavy atom. The number of phenolic OH excluding ortho intramolecular Hbond substituents is 1. The molecule has 6 heteroatoms. The number of aromatic hydroxyl groups is 1. The number of amides is 1. The van der Waals surface area contributed by atoms with Crippen molar-refractivity contribution in [2.75, 3.05) is 5.32 Å². The predicted octanol–water partition coefficient (Wildman–Crippen LogP) is 0.691. The quantitative estimate of drug-likeness (QED) is 0.749. The highest BCUT2D eigenvalue weighted by molar-refractivity contribution is 5.93. The van der Waals surface area contributed by atoms with Gasteiger partial charge < -0.3 is 10.8 Å². The van der Waals surface area contributed by atoms with Crippen molar-refractivity contribution in [2.45, 2.75) is 12.5 Å². The fourth-order valence-electron chi connectivity index (χ4n) is 1.55. The Kier molecular flexibility index (Phi) is 4.04. The van der Waals surface area contributed by atoms with Crippen LogP contribution in [0.3, 0.4) is 0 Å². The summed E-state index contributed by atoms with van der Waals surface area (Å²) in [6, 6.07) is 7.52. The third-order valence-electron chi connectivity index (χ3n) is 2.53. The molecule has 0 fully saturated rings. The average Bonchev–Trinajstić information content (AvgIpc) is 2.42. The molecule has 0 aliphatic heterocycles. The van der Waals surface area contributed by atoms with Crippen LogP contribution in [0.4, 0.5) is 5.95 Å². The molecule has 2 rings (SSSR count). The first-order chi connectivity index (χ1) is 9.15. The number of benzene rings is 1. The molecule has 98 valence electrons. The van der Waals surface area contributed by atoms with E-state index in [4.69, 9.17) is 10.8 Å². The minimum atomic E-state index is -0.701. The van der Waals surface area contributed by atoms with Crippen LogP contribution in [-0.2, 0) is 11.2 Å². The molecule has 0 radical (unpaired) electrons. The molecule has 1 aromatic carbocycles. The normalized spacial score (nSPS) is 11.8. The third-order valence-corrected chi connectivity index (χ3v) is 2.53. The van der Waals surface area contributed by atoms with Gasteiger partial charge in [-0.3, -0.25) is 10.1 Å². The van der Waals surface area contributed by atoms with Crippen LogP contribution in [0.1, 0.15) is 5.56 Å². The van der Waals surface area contributed by atoms with Crippen molar-refractivity contribution in [2.24, 2.45) is 5.73 Å². The fraction of sp³-hybridized carbons (Fsp3) is 0.154. The lowest BCUT2D eigenvalue weighted by Gasteiger charge is -2.11. The number of nitrogens with zero attached hydrogens (tertiary/aromatic N) is 2. The molecule has 1 heterocycles. The first kappa shape index (κ1) is 13.0. The van der Waals surface area contributed by atoms with E-state index in [1.54, 1.807) is 30.3 Å². The van der Waals surface area contributed by atoms with E-state index < -0.39 is 6.04 Å². The number of carbonyl (C=O) groups excluding carboxylic acids is 1. The van der Waals surface area contributed by atoms with Gasteiger partial charge in [-0.2, -0.15) is 0 Å². The summed E-state index contributed by atoms with van der Waals surface area (Å²) in [5.41, 5.74) is 6.67. The minimum absolute atomic E-state index is 0.180. The lowest BCUT2D eigenvalue weighted by atomic mass is 10.1. The minimum Gasteiger partial charge on any atom is -0.508 e. The van der Waals surface area contributed by atoms with E-state index in [1.165, 1.54) is 12.4 Å². The number of rotatable bonds is 4. The van der Waals surface area contributed by atoms with Crippen LogP contribution >= 0.6 is 0 Å². The van der Waals surface area contributed by atoms with E-state index in [2.05, 4.69) is 15.3 Å². The first-order valence-corrected chi connectivity index (χ1v) is 5.76. The molecule has 4 N–H and O–H groups in total. The molecule has 0 aliphatic carbocycles. The predicted molar refractivity (Wildman–Crippen MR) is 70.4 cm³/mol. The zero-order chi connectivity index (χ0) is 13.7. The monoisotopic (exact) mass is 258 g/mol. The van der Waals surface area contributed by atoms with E-state index in [0.29, 0.717) is 6.42 Å². The average molecular weight is 258 g/mol. The van der Waals surface area contributed by atoms with Gasteiger partial charge in [0.1, 0.15) is 5.75 Å². The van der Waals surface area contributed by atoms with Crippen LogP contribution in [0.25, 0.3) is 0 Å². The summed E-state index contributed by atoms with van der Waals surface area (Å²) in [4.78, 5) is 19.6. The van der Waals surface area contributed by atoms with Crippen molar-refractivity contribution >= 4 is 11.9 Å². The molecule has 0 unspecified atom stereocenters. The van der Waals surface area contributed by atoms with Crippen molar-refractivity contribution in [1.29, 1.82) is 0 Å². The van der Waals surface area contributed by atoms with E-state index in [1.807, 2.05) is 0 Å². The number of aromatic nitrogens is 2. The largest absolute Gasteiger partial charge is 0.508 e. The number of nitrogens with one attached hydrogen (secondary N) is 1. The Morgan fingerprint density at radius 1 is 1.26 bits per heavy atom. The SMILES string of the molecule is N[C@@H](Cc1ccc(O)cc1)C(=O)Nc1ncccn1. The Hall–Kier alpha value is -2.47. The van der Waals surface area contributed by atoms with Gasteiger partial charge in [-0.25, -0.2) is 9.97 Å². The molecule has 0 saturated carbocycles. The highest BCUT2D eigenvalue weighted by atomic mass is 16.3. The van der Waals surface area contributed by atoms with E-state index in [9.17, 15) is 4.79 Å². The smallest absolute Gasteiger partial charge is 0.243 e. The number of hydrogen-bond donors (Lipinski definition) is 3. The van der Waals surface area contributed by atoms with Crippen molar-refractivity contribution in [3.05, 3.63) is 48.3 Å². The summed E-state index contributed by atoms with van der Waals surface area (Å²) in [6.45, 7) is 0. The highest BCUT2D eigenvalue weighted by Crippen LogP contribution is 2.11. The second-order valence-electron chi connectivity index (χ2n) is 4.04. The van der Waals surface area contributed by atoms with Crippen LogP contribution in [-0.4, -0.2) is 27.0 Å². The van der Waals surface area contributed by atoms with Crippen LogP contribution in [0.5, 0.6) is 5.75 Å². The Labute approximate surface area is 110 Å². The maximum Gasteiger partial charge on any atom is 0.243 e. The Morgan fingerprint density at radius 2 is 1.89 bits per heavy atom. The Balaban J connectivity index is 1.94. The van der Waals surface area contributed by atoms with Gasteiger partial charge in [0.15, 0.2) is 0 Å². The van der Waals surface area contributed by atoms with Gasteiger partial charge in [0, 0.05) is 12.4 Å². The van der Waals surface area contributed by atoms with Crippen molar-refractivity contribution < 1.29 is 9.90 Å². The molecule has 0 bridgehead atoms. The number of anilines is 1. The number of hydrogen-bond acceptors (Lipinski definition) is 5. The van der Waals surface area contributed by atoms with Crippen molar-refractivity contribution in [1.82, 2.24) is 9.97 Å². The van der Waals surface area contributed by atoms with E-state index in [0.717, 1.165) is 5.56 Å². The molecule has 6 nitrogen and oxygen atoms in total. The second-order valence-corrected chi connectivity index (χ2v) is 4.04. The van der Waals surface area contributed by atoms with E-state index >= 15 is 0 Å². The van der Waals surface area contributed by atoms with Gasteiger partial charge in [-0.15, -0.1) is 0 Å². The lowest BCUT2D eigenvalue weighted by Crippen LogP contribution is -2.37. The number of nitrogens with two attached hydrogens (primary N) is 1. The molecule has 1 atom stereocenters. The van der Waals surface area contributed by atoms with Crippen LogP contribution in [0.15, 0.2) is 42.7 Å². The Bertz CT molecular complexity index is 542. The molecule has 0 saturated heterocycles. The van der Waals surface area contributed by atoms with Crippen LogP contribution in [0.2, 0.25) is 0 Å². The molecule has 1 amide bonds. The third kappa shape index (κ3) is 3.75. The van der Waals surface area contributed by atoms with Crippen LogP contribution < -0.4 is 11.1 Å². The van der Waals surface area contributed by atoms with Gasteiger partial charge in [0.2, 0.25) is 11.9 Å². The summed E-state index contributed by atoms with van der Waals surface area (Å²) in [6.07, 6.45) is 3.45. The topological polar surface area (TPSA) is 101 Å². The standard InChI is InChI=1S/C13H14N4O2/c14-11(8-9-2-4-10(18)5-3-9)12(19)17-13-15-6-1-7-16-13/h1-7,11,18H,8,14H2,(H,15,16,17,19)/t11-/m0/s1. The van der Waals surface area contributed by atoms with Gasteiger partial charge in [-0.1, -0.05) is 12.1 Å². The summed E-state index contributed by atoms with van der Waals surface area (Å²) in [5.74, 6) is 0.0624. The summed E-state index contributed by atoms with van der Waals surface area (Å²) in [7, 11) is 0. The maximum absolute atomic E-state index is 11.8. The molecule has 0 spiro atoms. The van der Waals surface area contributed by atoms with Gasteiger partial charge >= 0.3 is 0 Å². The van der Waals surface area contributed by atoms with Gasteiger partial charge in [0.05, 0.1) is 6.04 Å². The molecule has 1 aromatic heterocycles. The lowest BCUT2D eigenvalue weighted by molar-refractivity contribution is -0.117. The fourth-order valence-corrected chi connectivity index (χ4v) is 1.55. The molecule has 2 aromatic rings. The zero-order valence-electron chi connectivity index (χ0n) is 10.2. The molecule has 0 aliphatic rings. The van der Waals surface area contributed by atoms with Gasteiger partial charge in [0.25, 0.3) is 0 Å². The molecule has 19 heavy (non-hydrogen) atoms. The van der Waals surface area contributed by atoms with Crippen molar-refractivity contribution in [3.8, 4) is 5.75 Å². The second kappa shape index (κ2) is 5.92.